The molecule has 0 N–H and O–H groups in total. The van der Waals surface area contributed by atoms with Gasteiger partial charge in [-0.05, 0) is 23.6 Å². The second-order valence-electron chi connectivity index (χ2n) is 5.87. The number of anilines is 1. The Morgan fingerprint density at radius 2 is 2.15 bits per heavy atom. The minimum absolute atomic E-state index is 0.00332. The van der Waals surface area contributed by atoms with Crippen molar-refractivity contribution < 1.29 is 18.8 Å². The highest BCUT2D eigenvalue weighted by molar-refractivity contribution is 8.00. The maximum absolute atomic E-state index is 12.2. The number of para-hydroxylation sites is 1. The van der Waals surface area contributed by atoms with Gasteiger partial charge >= 0.3 is 5.97 Å². The first-order valence-electron chi connectivity index (χ1n) is 8.38. The van der Waals surface area contributed by atoms with Crippen molar-refractivity contribution in [3.8, 4) is 10.6 Å². The summed E-state index contributed by atoms with van der Waals surface area (Å²) in [6.45, 7) is 0.350. The van der Waals surface area contributed by atoms with Crippen LogP contribution in [-0.2, 0) is 20.9 Å². The lowest BCUT2D eigenvalue weighted by Gasteiger charge is -2.28. The summed E-state index contributed by atoms with van der Waals surface area (Å²) in [5, 5.41) is 5.88. The molecule has 1 aromatic carbocycles. The van der Waals surface area contributed by atoms with E-state index in [0.29, 0.717) is 23.8 Å². The van der Waals surface area contributed by atoms with Crippen molar-refractivity contribution in [2.24, 2.45) is 0 Å². The lowest BCUT2D eigenvalue weighted by Crippen LogP contribution is -2.37. The molecule has 3 aromatic rings. The van der Waals surface area contributed by atoms with Gasteiger partial charge in [0, 0.05) is 17.5 Å². The molecule has 0 fully saturated rings. The summed E-state index contributed by atoms with van der Waals surface area (Å²) in [5.74, 6) is 0.670. The second kappa shape index (κ2) is 7.98. The number of thiophene rings is 1. The van der Waals surface area contributed by atoms with E-state index in [0.717, 1.165) is 15.5 Å². The lowest BCUT2D eigenvalue weighted by molar-refractivity contribution is -0.144. The Morgan fingerprint density at radius 1 is 1.26 bits per heavy atom. The highest BCUT2D eigenvalue weighted by Crippen LogP contribution is 2.34. The van der Waals surface area contributed by atoms with Gasteiger partial charge < -0.3 is 14.2 Å². The average molecular weight is 400 g/mol. The predicted octanol–water partition coefficient (Wildman–Crippen LogP) is 3.98. The molecular weight excluding hydrogens is 384 g/mol. The van der Waals surface area contributed by atoms with Crippen LogP contribution in [0.4, 0.5) is 5.69 Å². The first kappa shape index (κ1) is 17.8. The minimum atomic E-state index is -0.376. The normalized spacial score (nSPS) is 13.5. The van der Waals surface area contributed by atoms with E-state index < -0.39 is 0 Å². The number of esters is 1. The van der Waals surface area contributed by atoms with Crippen LogP contribution in [0.1, 0.15) is 12.1 Å². The molecule has 138 valence electrons. The van der Waals surface area contributed by atoms with Crippen LogP contribution in [0.3, 0.4) is 0 Å². The fourth-order valence-electron chi connectivity index (χ4n) is 2.74. The van der Waals surface area contributed by atoms with Gasteiger partial charge in [-0.15, -0.1) is 23.1 Å². The van der Waals surface area contributed by atoms with Crippen molar-refractivity contribution in [1.29, 1.82) is 0 Å². The quantitative estimate of drug-likeness (QED) is 0.583. The van der Waals surface area contributed by atoms with Crippen LogP contribution in [0.25, 0.3) is 10.6 Å². The fraction of sp³-hybridized carbons (Fsp3) is 0.211. The van der Waals surface area contributed by atoms with Crippen LogP contribution >= 0.6 is 23.1 Å². The molecule has 0 atom stereocenters. The molecule has 0 radical (unpaired) electrons. The Labute approximate surface area is 164 Å². The number of thioether (sulfide) groups is 1. The highest BCUT2D eigenvalue weighted by atomic mass is 32.2. The van der Waals surface area contributed by atoms with Crippen molar-refractivity contribution in [1.82, 2.24) is 5.16 Å². The highest BCUT2D eigenvalue weighted by Gasteiger charge is 2.24. The number of aromatic nitrogens is 1. The molecule has 2 aromatic heterocycles. The Bertz CT molecular complexity index is 952. The number of amides is 1. The lowest BCUT2D eigenvalue weighted by atomic mass is 10.2. The summed E-state index contributed by atoms with van der Waals surface area (Å²) in [6.07, 6.45) is 0.125. The molecule has 0 bridgehead atoms. The first-order chi connectivity index (χ1) is 13.2. The smallest absolute Gasteiger partial charge is 0.307 e. The molecule has 0 spiro atoms. The van der Waals surface area contributed by atoms with Gasteiger partial charge in [-0.3, -0.25) is 9.59 Å². The molecule has 1 aliphatic rings. The molecule has 0 unspecified atom stereocenters. The van der Waals surface area contributed by atoms with E-state index >= 15 is 0 Å². The molecule has 27 heavy (non-hydrogen) atoms. The third kappa shape index (κ3) is 4.06. The zero-order chi connectivity index (χ0) is 18.6. The predicted molar refractivity (Wildman–Crippen MR) is 104 cm³/mol. The number of nitrogens with zero attached hydrogens (tertiary/aromatic N) is 2. The SMILES string of the molecule is O=C(CCN1C(=O)CSc2ccccc21)OCc1cc(-c2cccs2)on1. The summed E-state index contributed by atoms with van der Waals surface area (Å²) in [4.78, 5) is 28.0. The zero-order valence-electron chi connectivity index (χ0n) is 14.3. The average Bonchev–Trinajstić information content (AvgIpc) is 3.37. The number of benzene rings is 1. The number of carbonyl (C=O) groups is 2. The molecule has 6 nitrogen and oxygen atoms in total. The van der Waals surface area contributed by atoms with Crippen LogP contribution in [0.15, 0.2) is 57.3 Å². The van der Waals surface area contributed by atoms with E-state index in [1.165, 1.54) is 11.8 Å². The zero-order valence-corrected chi connectivity index (χ0v) is 15.9. The molecule has 0 aliphatic carbocycles. The maximum atomic E-state index is 12.2. The number of fused-ring (bicyclic) bond motifs is 1. The Balaban J connectivity index is 1.31. The van der Waals surface area contributed by atoms with Crippen molar-refractivity contribution in [3.05, 3.63) is 53.5 Å². The molecule has 0 saturated carbocycles. The van der Waals surface area contributed by atoms with Gasteiger partial charge in [0.1, 0.15) is 12.3 Å². The third-order valence-electron chi connectivity index (χ3n) is 4.05. The topological polar surface area (TPSA) is 72.6 Å². The van der Waals surface area contributed by atoms with Gasteiger partial charge in [-0.1, -0.05) is 23.4 Å². The summed E-state index contributed by atoms with van der Waals surface area (Å²) in [5.41, 5.74) is 1.41. The van der Waals surface area contributed by atoms with Gasteiger partial charge in [0.2, 0.25) is 5.91 Å². The molecule has 1 aliphatic heterocycles. The first-order valence-corrected chi connectivity index (χ1v) is 10.2. The van der Waals surface area contributed by atoms with E-state index in [4.69, 9.17) is 9.26 Å². The van der Waals surface area contributed by atoms with Gasteiger partial charge in [-0.25, -0.2) is 0 Å². The maximum Gasteiger partial charge on any atom is 0.307 e. The fourth-order valence-corrected chi connectivity index (χ4v) is 4.35. The second-order valence-corrected chi connectivity index (χ2v) is 7.84. The summed E-state index contributed by atoms with van der Waals surface area (Å²) >= 11 is 3.07. The monoisotopic (exact) mass is 400 g/mol. The van der Waals surface area contributed by atoms with E-state index in [-0.39, 0.29) is 24.9 Å². The number of hydrogen-bond donors (Lipinski definition) is 0. The van der Waals surface area contributed by atoms with E-state index in [9.17, 15) is 9.59 Å². The standard InChI is InChI=1S/C19H16N2O4S2/c22-18-12-27-16-5-2-1-4-14(16)21(18)8-7-19(23)24-11-13-10-15(25-20-13)17-6-3-9-26-17/h1-6,9-10H,7-8,11-12H2. The van der Waals surface area contributed by atoms with Crippen molar-refractivity contribution in [3.63, 3.8) is 0 Å². The van der Waals surface area contributed by atoms with Crippen molar-refractivity contribution in [2.75, 3.05) is 17.2 Å². The molecule has 3 heterocycles. The molecular formula is C19H16N2O4S2. The summed E-state index contributed by atoms with van der Waals surface area (Å²) < 4.78 is 10.5. The summed E-state index contributed by atoms with van der Waals surface area (Å²) in [7, 11) is 0. The van der Waals surface area contributed by atoms with Crippen LogP contribution < -0.4 is 4.90 Å². The Kier molecular flexibility index (Phi) is 5.26. The van der Waals surface area contributed by atoms with Crippen LogP contribution in [0.5, 0.6) is 0 Å². The van der Waals surface area contributed by atoms with Gasteiger partial charge in [0.25, 0.3) is 0 Å². The van der Waals surface area contributed by atoms with E-state index in [1.54, 1.807) is 22.3 Å². The number of rotatable bonds is 6. The van der Waals surface area contributed by atoms with Crippen LogP contribution in [-0.4, -0.2) is 29.3 Å². The Hall–Kier alpha value is -2.58. The van der Waals surface area contributed by atoms with E-state index in [2.05, 4.69) is 5.16 Å². The molecule has 1 amide bonds. The number of carbonyl (C=O) groups excluding carboxylic acids is 2. The molecule has 8 heteroatoms. The van der Waals surface area contributed by atoms with Gasteiger partial charge in [-0.2, -0.15) is 0 Å². The summed E-state index contributed by atoms with van der Waals surface area (Å²) in [6, 6.07) is 13.3. The van der Waals surface area contributed by atoms with E-state index in [1.807, 2.05) is 41.8 Å². The van der Waals surface area contributed by atoms with Crippen molar-refractivity contribution in [2.45, 2.75) is 17.9 Å². The molecule has 0 saturated heterocycles. The van der Waals surface area contributed by atoms with Crippen molar-refractivity contribution >= 4 is 40.7 Å². The van der Waals surface area contributed by atoms with Crippen LogP contribution in [0, 0.1) is 0 Å². The van der Waals surface area contributed by atoms with Gasteiger partial charge in [0.15, 0.2) is 5.76 Å². The van der Waals surface area contributed by atoms with Gasteiger partial charge in [0.05, 0.1) is 22.7 Å². The number of hydrogen-bond acceptors (Lipinski definition) is 7. The molecule has 4 rings (SSSR count). The number of ether oxygens (including phenoxy) is 1. The Morgan fingerprint density at radius 3 is 3.00 bits per heavy atom. The minimum Gasteiger partial charge on any atom is -0.459 e. The largest absolute Gasteiger partial charge is 0.459 e. The third-order valence-corrected chi connectivity index (χ3v) is 5.98. The van der Waals surface area contributed by atoms with Crippen LogP contribution in [0.2, 0.25) is 0 Å².